The number of anilines is 1. The molecule has 1 aromatic heterocycles. The van der Waals surface area contributed by atoms with E-state index < -0.39 is 0 Å². The van der Waals surface area contributed by atoms with E-state index in [-0.39, 0.29) is 24.4 Å². The van der Waals surface area contributed by atoms with Crippen LogP contribution in [0.15, 0.2) is 36.7 Å². The SMILES string of the molecule is CCOC(=O)CN(C)c1ncc(CN2CCOC(c3ccc(F)cc3)C2)cn1. The largest absolute Gasteiger partial charge is 0.465 e. The standard InChI is InChI=1S/C20H25FN4O3/c1-3-27-19(26)14-24(2)20-22-10-15(11-23-20)12-25-8-9-28-18(13-25)16-4-6-17(21)7-5-16/h4-7,10-11,18H,3,8-9,12-14H2,1-2H3. The van der Waals surface area contributed by atoms with Gasteiger partial charge in [0.15, 0.2) is 0 Å². The molecule has 7 nitrogen and oxygen atoms in total. The average molecular weight is 388 g/mol. The molecule has 1 saturated heterocycles. The van der Waals surface area contributed by atoms with Crippen molar-refractivity contribution in [2.45, 2.75) is 19.6 Å². The van der Waals surface area contributed by atoms with E-state index >= 15 is 0 Å². The van der Waals surface area contributed by atoms with Crippen molar-refractivity contribution >= 4 is 11.9 Å². The minimum atomic E-state index is -0.308. The number of hydrogen-bond acceptors (Lipinski definition) is 7. The molecule has 3 rings (SSSR count). The molecule has 0 saturated carbocycles. The van der Waals surface area contributed by atoms with Crippen LogP contribution in [0.25, 0.3) is 0 Å². The molecule has 0 N–H and O–H groups in total. The zero-order chi connectivity index (χ0) is 19.9. The van der Waals surface area contributed by atoms with Gasteiger partial charge in [0.05, 0.1) is 19.3 Å². The third-order valence-electron chi connectivity index (χ3n) is 4.50. The van der Waals surface area contributed by atoms with Gasteiger partial charge in [-0.15, -0.1) is 0 Å². The number of rotatable bonds is 7. The lowest BCUT2D eigenvalue weighted by Gasteiger charge is -2.33. The molecular weight excluding hydrogens is 363 g/mol. The lowest BCUT2D eigenvalue weighted by atomic mass is 10.1. The van der Waals surface area contributed by atoms with Gasteiger partial charge >= 0.3 is 5.97 Å². The topological polar surface area (TPSA) is 67.8 Å². The Morgan fingerprint density at radius 3 is 2.71 bits per heavy atom. The molecule has 2 aromatic rings. The van der Waals surface area contributed by atoms with Gasteiger partial charge in [0.1, 0.15) is 12.4 Å². The van der Waals surface area contributed by atoms with E-state index in [4.69, 9.17) is 9.47 Å². The van der Waals surface area contributed by atoms with Gasteiger partial charge in [0.25, 0.3) is 0 Å². The molecule has 1 aliphatic heterocycles. The van der Waals surface area contributed by atoms with Crippen molar-refractivity contribution in [3.05, 3.63) is 53.6 Å². The molecule has 0 radical (unpaired) electrons. The van der Waals surface area contributed by atoms with Crippen molar-refractivity contribution in [2.24, 2.45) is 0 Å². The number of likely N-dealkylation sites (N-methyl/N-ethyl adjacent to an activating group) is 1. The fourth-order valence-corrected chi connectivity index (χ4v) is 3.08. The molecule has 0 bridgehead atoms. The number of halogens is 1. The number of carbonyl (C=O) groups excluding carboxylic acids is 1. The molecule has 28 heavy (non-hydrogen) atoms. The molecule has 1 aromatic carbocycles. The lowest BCUT2D eigenvalue weighted by Crippen LogP contribution is -2.37. The number of carbonyl (C=O) groups is 1. The lowest BCUT2D eigenvalue weighted by molar-refractivity contribution is -0.141. The molecule has 0 amide bonds. The van der Waals surface area contributed by atoms with E-state index in [2.05, 4.69) is 14.9 Å². The Labute approximate surface area is 164 Å². The maximum absolute atomic E-state index is 13.1. The number of hydrogen-bond donors (Lipinski definition) is 0. The Hall–Kier alpha value is -2.58. The molecule has 0 aliphatic carbocycles. The van der Waals surface area contributed by atoms with Crippen LogP contribution in [0.2, 0.25) is 0 Å². The minimum Gasteiger partial charge on any atom is -0.465 e. The Balaban J connectivity index is 1.56. The zero-order valence-electron chi connectivity index (χ0n) is 16.2. The van der Waals surface area contributed by atoms with Crippen LogP contribution >= 0.6 is 0 Å². The fraction of sp³-hybridized carbons (Fsp3) is 0.450. The summed E-state index contributed by atoms with van der Waals surface area (Å²) in [5.41, 5.74) is 1.95. The molecule has 1 unspecified atom stereocenters. The summed E-state index contributed by atoms with van der Waals surface area (Å²) in [4.78, 5) is 24.2. The van der Waals surface area contributed by atoms with Crippen LogP contribution < -0.4 is 4.90 Å². The van der Waals surface area contributed by atoms with Crippen LogP contribution in [0.5, 0.6) is 0 Å². The predicted molar refractivity (Wildman–Crippen MR) is 102 cm³/mol. The fourth-order valence-electron chi connectivity index (χ4n) is 3.08. The van der Waals surface area contributed by atoms with Crippen LogP contribution in [0.4, 0.5) is 10.3 Å². The first-order valence-corrected chi connectivity index (χ1v) is 9.32. The summed E-state index contributed by atoms with van der Waals surface area (Å²) in [5, 5.41) is 0. The highest BCUT2D eigenvalue weighted by Crippen LogP contribution is 2.23. The second-order valence-corrected chi connectivity index (χ2v) is 6.70. The first-order valence-electron chi connectivity index (χ1n) is 9.32. The molecule has 150 valence electrons. The first kappa shape index (κ1) is 20.2. The highest BCUT2D eigenvalue weighted by Gasteiger charge is 2.22. The average Bonchev–Trinajstić information content (AvgIpc) is 2.69. The molecule has 0 spiro atoms. The summed E-state index contributed by atoms with van der Waals surface area (Å²) >= 11 is 0. The monoisotopic (exact) mass is 388 g/mol. The highest BCUT2D eigenvalue weighted by molar-refractivity contribution is 5.74. The quantitative estimate of drug-likeness (QED) is 0.674. The predicted octanol–water partition coefficient (Wildman–Crippen LogP) is 2.19. The van der Waals surface area contributed by atoms with Crippen molar-refractivity contribution < 1.29 is 18.7 Å². The van der Waals surface area contributed by atoms with Gasteiger partial charge in [0, 0.05) is 44.6 Å². The van der Waals surface area contributed by atoms with Crippen LogP contribution in [0.3, 0.4) is 0 Å². The third kappa shape index (κ3) is 5.46. The summed E-state index contributed by atoms with van der Waals surface area (Å²) in [7, 11) is 1.75. The highest BCUT2D eigenvalue weighted by atomic mass is 19.1. The van der Waals surface area contributed by atoms with Crippen molar-refractivity contribution in [1.82, 2.24) is 14.9 Å². The summed E-state index contributed by atoms with van der Waals surface area (Å²) < 4.78 is 23.9. The number of ether oxygens (including phenoxy) is 2. The van der Waals surface area contributed by atoms with E-state index in [0.29, 0.717) is 25.7 Å². The van der Waals surface area contributed by atoms with E-state index in [9.17, 15) is 9.18 Å². The summed E-state index contributed by atoms with van der Waals surface area (Å²) in [6.07, 6.45) is 3.46. The van der Waals surface area contributed by atoms with Crippen LogP contribution in [0.1, 0.15) is 24.2 Å². The van der Waals surface area contributed by atoms with E-state index in [1.54, 1.807) is 43.4 Å². The smallest absolute Gasteiger partial charge is 0.325 e. The van der Waals surface area contributed by atoms with Crippen molar-refractivity contribution in [2.75, 3.05) is 44.8 Å². The molecular formula is C20H25FN4O3. The van der Waals surface area contributed by atoms with Crippen LogP contribution in [-0.4, -0.2) is 60.7 Å². The number of esters is 1. The van der Waals surface area contributed by atoms with E-state index in [1.165, 1.54) is 12.1 Å². The van der Waals surface area contributed by atoms with Crippen LogP contribution in [-0.2, 0) is 20.8 Å². The van der Waals surface area contributed by atoms with Crippen molar-refractivity contribution in [1.29, 1.82) is 0 Å². The van der Waals surface area contributed by atoms with Gasteiger partial charge < -0.3 is 14.4 Å². The van der Waals surface area contributed by atoms with E-state index in [0.717, 1.165) is 24.2 Å². The third-order valence-corrected chi connectivity index (χ3v) is 4.50. The van der Waals surface area contributed by atoms with Gasteiger partial charge in [-0.1, -0.05) is 12.1 Å². The van der Waals surface area contributed by atoms with Gasteiger partial charge in [-0.25, -0.2) is 14.4 Å². The summed E-state index contributed by atoms with van der Waals surface area (Å²) in [5.74, 6) is -0.0811. The normalized spacial score (nSPS) is 17.3. The number of nitrogens with zero attached hydrogens (tertiary/aromatic N) is 4. The first-order chi connectivity index (χ1) is 13.5. The van der Waals surface area contributed by atoms with Gasteiger partial charge in [-0.3, -0.25) is 9.69 Å². The van der Waals surface area contributed by atoms with Gasteiger partial charge in [-0.05, 0) is 24.6 Å². The van der Waals surface area contributed by atoms with Gasteiger partial charge in [0.2, 0.25) is 5.95 Å². The molecule has 1 fully saturated rings. The molecule has 2 heterocycles. The Bertz CT molecular complexity index is 770. The van der Waals surface area contributed by atoms with Crippen LogP contribution in [0, 0.1) is 5.82 Å². The maximum atomic E-state index is 13.1. The van der Waals surface area contributed by atoms with Gasteiger partial charge in [-0.2, -0.15) is 0 Å². The minimum absolute atomic E-state index is 0.0785. The van der Waals surface area contributed by atoms with Crippen molar-refractivity contribution in [3.63, 3.8) is 0 Å². The Morgan fingerprint density at radius 2 is 2.04 bits per heavy atom. The van der Waals surface area contributed by atoms with Crippen molar-refractivity contribution in [3.8, 4) is 0 Å². The Morgan fingerprint density at radius 1 is 1.32 bits per heavy atom. The molecule has 8 heteroatoms. The van der Waals surface area contributed by atoms with E-state index in [1.807, 2.05) is 0 Å². The Kier molecular flexibility index (Phi) is 6.89. The second-order valence-electron chi connectivity index (χ2n) is 6.70. The summed E-state index contributed by atoms with van der Waals surface area (Å²) in [6.45, 7) is 5.07. The summed E-state index contributed by atoms with van der Waals surface area (Å²) in [6, 6.07) is 6.44. The second kappa shape index (κ2) is 9.57. The molecule has 1 aliphatic rings. The number of benzene rings is 1. The maximum Gasteiger partial charge on any atom is 0.325 e. The zero-order valence-corrected chi connectivity index (χ0v) is 16.2. The molecule has 1 atom stereocenters. The number of aromatic nitrogens is 2. The number of morpholine rings is 1.